The van der Waals surface area contributed by atoms with E-state index in [1.807, 2.05) is 48.6 Å². The van der Waals surface area contributed by atoms with E-state index in [9.17, 15) is 4.79 Å². The zero-order chi connectivity index (χ0) is 31.2. The van der Waals surface area contributed by atoms with E-state index >= 15 is 0 Å². The molecule has 2 aliphatic rings. The number of oxime groups is 1. The molecule has 4 aromatic rings. The number of hydrogen-bond donors (Lipinski definition) is 0. The minimum atomic E-state index is -0.675. The van der Waals surface area contributed by atoms with Gasteiger partial charge in [-0.15, -0.1) is 0 Å². The minimum absolute atomic E-state index is 0.00944. The Bertz CT molecular complexity index is 1880. The van der Waals surface area contributed by atoms with Gasteiger partial charge in [-0.05, 0) is 84.5 Å². The molecule has 226 valence electrons. The predicted molar refractivity (Wildman–Crippen MR) is 176 cm³/mol. The number of aromatic nitrogens is 1. The third-order valence-electron chi connectivity index (χ3n) is 7.03. The van der Waals surface area contributed by atoms with Gasteiger partial charge in [-0.25, -0.2) is 9.78 Å². The van der Waals surface area contributed by atoms with Crippen LogP contribution in [0.2, 0.25) is 5.02 Å². The van der Waals surface area contributed by atoms with E-state index in [1.54, 1.807) is 48.5 Å². The molecular formula is C35H27Cl2N3O5. The van der Waals surface area contributed by atoms with Crippen LogP contribution < -0.4 is 14.2 Å². The molecule has 45 heavy (non-hydrogen) atoms. The number of pyridine rings is 1. The molecule has 3 aromatic carbocycles. The minimum Gasteiger partial charge on any atom is -0.488 e. The molecule has 10 heteroatoms. The third kappa shape index (κ3) is 7.60. The Hall–Kier alpha value is -4.92. The summed E-state index contributed by atoms with van der Waals surface area (Å²) >= 11 is 12.2. The molecule has 0 N–H and O–H groups in total. The fourth-order valence-corrected chi connectivity index (χ4v) is 5.11. The van der Waals surface area contributed by atoms with Crippen molar-refractivity contribution in [1.82, 2.24) is 4.98 Å². The standard InChI is InChI=1S/C35H27Cl2N3O5/c1-42-40-34(24-6-12-29(13-7-24)43-20-27-10-4-22-2-8-25(36)18-32(22)38-27)35(41)45-31-16-14-30(15-17-31)44-21-28-11-5-23-3-9-26(37)19-33(23)39-28/h2-9,11-19,32H,10,20-21H2,1H3. The first-order valence-electron chi connectivity index (χ1n) is 14.1. The first kappa shape index (κ1) is 30.1. The van der Waals surface area contributed by atoms with Crippen molar-refractivity contribution < 1.29 is 23.8 Å². The molecule has 0 radical (unpaired) electrons. The second-order valence-electron chi connectivity index (χ2n) is 10.2. The highest BCUT2D eigenvalue weighted by Gasteiger charge is 2.20. The van der Waals surface area contributed by atoms with Crippen LogP contribution in [-0.2, 0) is 16.2 Å². The fraction of sp³-hybridized carbons (Fsp3) is 0.143. The number of dihydropyridines is 1. The smallest absolute Gasteiger partial charge is 0.366 e. The maximum Gasteiger partial charge on any atom is 0.366 e. The maximum absolute atomic E-state index is 13.0. The number of benzene rings is 3. The lowest BCUT2D eigenvalue weighted by atomic mass is 9.97. The number of esters is 1. The highest BCUT2D eigenvalue weighted by molar-refractivity contribution is 6.43. The average Bonchev–Trinajstić information content (AvgIpc) is 3.05. The lowest BCUT2D eigenvalue weighted by Gasteiger charge is -2.21. The van der Waals surface area contributed by atoms with Gasteiger partial charge in [0.05, 0.1) is 23.0 Å². The van der Waals surface area contributed by atoms with Crippen molar-refractivity contribution in [2.45, 2.75) is 19.1 Å². The number of halogens is 2. The van der Waals surface area contributed by atoms with Gasteiger partial charge in [0, 0.05) is 27.4 Å². The van der Waals surface area contributed by atoms with E-state index in [4.69, 9.17) is 47.2 Å². The van der Waals surface area contributed by atoms with Crippen LogP contribution in [0.15, 0.2) is 124 Å². The number of aliphatic imine (C=N–C) groups is 1. The predicted octanol–water partition coefficient (Wildman–Crippen LogP) is 7.63. The van der Waals surface area contributed by atoms with Crippen molar-refractivity contribution in [2.75, 3.05) is 13.7 Å². The number of hydrogen-bond acceptors (Lipinski definition) is 8. The first-order valence-corrected chi connectivity index (χ1v) is 14.8. The number of nitrogens with zero attached hydrogens (tertiary/aromatic N) is 3. The van der Waals surface area contributed by atoms with Gasteiger partial charge < -0.3 is 19.0 Å². The van der Waals surface area contributed by atoms with Crippen molar-refractivity contribution in [1.29, 1.82) is 0 Å². The number of allylic oxidation sites excluding steroid dienone is 3. The topological polar surface area (TPSA) is 91.6 Å². The van der Waals surface area contributed by atoms with Crippen molar-refractivity contribution >= 4 is 51.5 Å². The largest absolute Gasteiger partial charge is 0.488 e. The Morgan fingerprint density at radius 3 is 2.38 bits per heavy atom. The van der Waals surface area contributed by atoms with E-state index < -0.39 is 5.97 Å². The van der Waals surface area contributed by atoms with Gasteiger partial charge in [0.25, 0.3) is 0 Å². The van der Waals surface area contributed by atoms with E-state index in [0.717, 1.165) is 27.9 Å². The first-order chi connectivity index (χ1) is 21.9. The summed E-state index contributed by atoms with van der Waals surface area (Å²) in [6, 6.07) is 23.0. The summed E-state index contributed by atoms with van der Waals surface area (Å²) < 4.78 is 17.4. The second-order valence-corrected chi connectivity index (χ2v) is 11.0. The van der Waals surface area contributed by atoms with Gasteiger partial charge in [0.2, 0.25) is 0 Å². The van der Waals surface area contributed by atoms with Gasteiger partial charge in [0.15, 0.2) is 5.71 Å². The SMILES string of the molecule is CON=C(C(=O)Oc1ccc(OCc2ccc3ccc(Cl)cc3n2)cc1)c1ccc(OCC2=NC3C=C(Cl)C=CC3=CC2)cc1. The Morgan fingerprint density at radius 2 is 1.60 bits per heavy atom. The maximum atomic E-state index is 13.0. The Kier molecular flexibility index (Phi) is 9.24. The second kappa shape index (κ2) is 13.8. The number of fused-ring (bicyclic) bond motifs is 2. The molecule has 1 unspecified atom stereocenters. The lowest BCUT2D eigenvalue weighted by molar-refractivity contribution is -0.127. The van der Waals surface area contributed by atoms with Crippen LogP contribution in [0, 0.1) is 0 Å². The quantitative estimate of drug-likeness (QED) is 0.0766. The molecule has 8 nitrogen and oxygen atoms in total. The summed E-state index contributed by atoms with van der Waals surface area (Å²) in [6.07, 6.45) is 8.62. The van der Waals surface area contributed by atoms with Crippen LogP contribution in [0.5, 0.6) is 17.2 Å². The van der Waals surface area contributed by atoms with E-state index in [-0.39, 0.29) is 18.4 Å². The molecule has 0 saturated carbocycles. The summed E-state index contributed by atoms with van der Waals surface area (Å²) in [7, 11) is 1.37. The van der Waals surface area contributed by atoms with Crippen LogP contribution in [0.1, 0.15) is 17.7 Å². The van der Waals surface area contributed by atoms with Crippen LogP contribution in [0.3, 0.4) is 0 Å². The molecule has 6 rings (SSSR count). The van der Waals surface area contributed by atoms with Gasteiger partial charge in [-0.1, -0.05) is 52.6 Å². The summed E-state index contributed by atoms with van der Waals surface area (Å²) in [5, 5.41) is 6.21. The van der Waals surface area contributed by atoms with Gasteiger partial charge in [0.1, 0.15) is 37.6 Å². The normalized spacial score (nSPS) is 15.8. The molecule has 0 spiro atoms. The molecule has 2 heterocycles. The van der Waals surface area contributed by atoms with E-state index in [1.165, 1.54) is 7.11 Å². The Morgan fingerprint density at radius 1 is 0.889 bits per heavy atom. The molecule has 0 fully saturated rings. The summed E-state index contributed by atoms with van der Waals surface area (Å²) in [6.45, 7) is 0.603. The molecule has 0 amide bonds. The summed E-state index contributed by atoms with van der Waals surface area (Å²) in [4.78, 5) is 27.3. The molecule has 1 aliphatic heterocycles. The van der Waals surface area contributed by atoms with Gasteiger partial charge in [-0.2, -0.15) is 0 Å². The van der Waals surface area contributed by atoms with Crippen molar-refractivity contribution in [3.63, 3.8) is 0 Å². The monoisotopic (exact) mass is 639 g/mol. The highest BCUT2D eigenvalue weighted by atomic mass is 35.5. The number of carbonyl (C=O) groups is 1. The number of ether oxygens (including phenoxy) is 3. The number of carbonyl (C=O) groups excluding carboxylic acids is 1. The summed E-state index contributed by atoms with van der Waals surface area (Å²) in [5.41, 5.74) is 4.13. The zero-order valence-electron chi connectivity index (χ0n) is 24.2. The Labute approximate surface area is 269 Å². The highest BCUT2D eigenvalue weighted by Crippen LogP contribution is 2.26. The zero-order valence-corrected chi connectivity index (χ0v) is 25.7. The fourth-order valence-electron chi connectivity index (χ4n) is 4.76. The molecule has 0 saturated heterocycles. The average molecular weight is 641 g/mol. The van der Waals surface area contributed by atoms with Crippen LogP contribution in [-0.4, -0.2) is 42.1 Å². The molecule has 1 aliphatic carbocycles. The summed E-state index contributed by atoms with van der Waals surface area (Å²) in [5.74, 6) is 0.864. The third-order valence-corrected chi connectivity index (χ3v) is 7.52. The molecular weight excluding hydrogens is 613 g/mol. The van der Waals surface area contributed by atoms with Crippen molar-refractivity contribution in [3.05, 3.63) is 130 Å². The molecule has 0 bridgehead atoms. The lowest BCUT2D eigenvalue weighted by Crippen LogP contribution is -2.22. The van der Waals surface area contributed by atoms with Crippen LogP contribution in [0.25, 0.3) is 10.9 Å². The van der Waals surface area contributed by atoms with Crippen molar-refractivity contribution in [3.8, 4) is 17.2 Å². The number of rotatable bonds is 10. The van der Waals surface area contributed by atoms with Gasteiger partial charge in [-0.3, -0.25) is 4.99 Å². The Balaban J connectivity index is 1.03. The molecule has 1 aromatic heterocycles. The van der Waals surface area contributed by atoms with Crippen molar-refractivity contribution in [2.24, 2.45) is 10.1 Å². The van der Waals surface area contributed by atoms with E-state index in [0.29, 0.717) is 45.9 Å². The van der Waals surface area contributed by atoms with Gasteiger partial charge >= 0.3 is 5.97 Å². The van der Waals surface area contributed by atoms with Crippen LogP contribution in [0.4, 0.5) is 0 Å². The van der Waals surface area contributed by atoms with Crippen LogP contribution >= 0.6 is 23.2 Å². The molecule has 1 atom stereocenters. The van der Waals surface area contributed by atoms with E-state index in [2.05, 4.69) is 16.2 Å².